The fraction of sp³-hybridized carbons (Fsp3) is 0.143. The third-order valence-electron chi connectivity index (χ3n) is 2.74. The first-order chi connectivity index (χ1) is 8.66. The van der Waals surface area contributed by atoms with Crippen LogP contribution in [0, 0.1) is 5.82 Å². The maximum atomic E-state index is 12.9. The van der Waals surface area contributed by atoms with Gasteiger partial charge in [-0.25, -0.2) is 4.39 Å². The number of aromatic nitrogens is 1. The number of hydrogen-bond donors (Lipinski definition) is 0. The average Bonchev–Trinajstić information content (AvgIpc) is 2.38. The van der Waals surface area contributed by atoms with E-state index in [1.54, 1.807) is 24.5 Å². The standard InChI is InChI=1S/C14H11ClFNO/c15-14(18)13(9-10-5-7-17-8-6-10)11-1-3-12(16)4-2-11/h1-8,13H,9H2. The molecule has 4 heteroatoms. The first kappa shape index (κ1) is 12.7. The van der Waals surface area contributed by atoms with Gasteiger partial charge in [-0.15, -0.1) is 0 Å². The van der Waals surface area contributed by atoms with Gasteiger partial charge in [-0.2, -0.15) is 0 Å². The topological polar surface area (TPSA) is 30.0 Å². The summed E-state index contributed by atoms with van der Waals surface area (Å²) in [6.07, 6.45) is 3.81. The van der Waals surface area contributed by atoms with Crippen LogP contribution in [0.5, 0.6) is 0 Å². The molecular weight excluding hydrogens is 253 g/mol. The van der Waals surface area contributed by atoms with Gasteiger partial charge >= 0.3 is 0 Å². The number of carbonyl (C=O) groups excluding carboxylic acids is 1. The first-order valence-corrected chi connectivity index (χ1v) is 5.88. The summed E-state index contributed by atoms with van der Waals surface area (Å²) in [6.45, 7) is 0. The summed E-state index contributed by atoms with van der Waals surface area (Å²) in [5.74, 6) is -0.793. The second-order valence-corrected chi connectivity index (χ2v) is 4.34. The van der Waals surface area contributed by atoms with Gasteiger partial charge in [-0.1, -0.05) is 12.1 Å². The molecule has 0 aliphatic heterocycles. The lowest BCUT2D eigenvalue weighted by Gasteiger charge is -2.12. The molecule has 0 fully saturated rings. The summed E-state index contributed by atoms with van der Waals surface area (Å²) in [7, 11) is 0. The summed E-state index contributed by atoms with van der Waals surface area (Å²) < 4.78 is 12.9. The van der Waals surface area contributed by atoms with Gasteiger partial charge in [-0.3, -0.25) is 9.78 Å². The largest absolute Gasteiger partial charge is 0.281 e. The molecule has 2 rings (SSSR count). The number of rotatable bonds is 4. The van der Waals surface area contributed by atoms with Crippen molar-refractivity contribution in [3.05, 3.63) is 65.7 Å². The van der Waals surface area contributed by atoms with Gasteiger partial charge in [0.1, 0.15) is 5.82 Å². The molecule has 0 aliphatic rings. The van der Waals surface area contributed by atoms with Gasteiger partial charge in [0.25, 0.3) is 0 Å². The minimum atomic E-state index is -0.463. The van der Waals surface area contributed by atoms with E-state index in [0.717, 1.165) is 5.56 Å². The smallest absolute Gasteiger partial charge is 0.229 e. The van der Waals surface area contributed by atoms with E-state index in [9.17, 15) is 9.18 Å². The zero-order valence-corrected chi connectivity index (χ0v) is 10.3. The van der Waals surface area contributed by atoms with Crippen molar-refractivity contribution in [2.45, 2.75) is 12.3 Å². The maximum Gasteiger partial charge on any atom is 0.229 e. The van der Waals surface area contributed by atoms with E-state index in [1.807, 2.05) is 12.1 Å². The van der Waals surface area contributed by atoms with E-state index >= 15 is 0 Å². The van der Waals surface area contributed by atoms with E-state index < -0.39 is 11.2 Å². The Balaban J connectivity index is 2.24. The van der Waals surface area contributed by atoms with Crippen molar-refractivity contribution in [2.75, 3.05) is 0 Å². The fourth-order valence-electron chi connectivity index (χ4n) is 1.78. The highest BCUT2D eigenvalue weighted by Gasteiger charge is 2.19. The highest BCUT2D eigenvalue weighted by Crippen LogP contribution is 2.23. The van der Waals surface area contributed by atoms with Crippen molar-refractivity contribution < 1.29 is 9.18 Å². The highest BCUT2D eigenvalue weighted by atomic mass is 35.5. The number of pyridine rings is 1. The molecule has 0 N–H and O–H groups in total. The summed E-state index contributed by atoms with van der Waals surface area (Å²) in [4.78, 5) is 15.4. The molecule has 1 heterocycles. The zero-order chi connectivity index (χ0) is 13.0. The van der Waals surface area contributed by atoms with Crippen LogP contribution in [0.1, 0.15) is 17.0 Å². The Hall–Kier alpha value is -1.74. The predicted molar refractivity (Wildman–Crippen MR) is 67.9 cm³/mol. The number of carbonyl (C=O) groups is 1. The van der Waals surface area contributed by atoms with Crippen LogP contribution in [0.25, 0.3) is 0 Å². The molecule has 2 aromatic rings. The van der Waals surface area contributed by atoms with Crippen molar-refractivity contribution in [1.82, 2.24) is 4.98 Å². The van der Waals surface area contributed by atoms with Crippen molar-refractivity contribution in [1.29, 1.82) is 0 Å². The van der Waals surface area contributed by atoms with Gasteiger partial charge in [0.05, 0.1) is 5.92 Å². The molecule has 0 saturated carbocycles. The van der Waals surface area contributed by atoms with Crippen molar-refractivity contribution in [3.8, 4) is 0 Å². The maximum absolute atomic E-state index is 12.9. The van der Waals surface area contributed by atoms with Crippen LogP contribution in [0.4, 0.5) is 4.39 Å². The third-order valence-corrected chi connectivity index (χ3v) is 3.00. The SMILES string of the molecule is O=C(Cl)C(Cc1ccncc1)c1ccc(F)cc1. The molecule has 1 aromatic carbocycles. The summed E-state index contributed by atoms with van der Waals surface area (Å²) in [5.41, 5.74) is 1.68. The lowest BCUT2D eigenvalue weighted by Crippen LogP contribution is -2.10. The summed E-state index contributed by atoms with van der Waals surface area (Å²) >= 11 is 5.62. The molecule has 18 heavy (non-hydrogen) atoms. The Labute approximate surface area is 109 Å². The molecule has 0 spiro atoms. The molecule has 1 atom stereocenters. The minimum Gasteiger partial charge on any atom is -0.281 e. The van der Waals surface area contributed by atoms with Gasteiger partial charge in [0.2, 0.25) is 5.24 Å². The van der Waals surface area contributed by atoms with Crippen LogP contribution < -0.4 is 0 Å². The second-order valence-electron chi connectivity index (χ2n) is 3.97. The van der Waals surface area contributed by atoms with Crippen molar-refractivity contribution in [3.63, 3.8) is 0 Å². The fourth-order valence-corrected chi connectivity index (χ4v) is 1.98. The molecular formula is C14H11ClFNO. The van der Waals surface area contributed by atoms with Crippen LogP contribution in [0.15, 0.2) is 48.8 Å². The van der Waals surface area contributed by atoms with E-state index in [1.165, 1.54) is 12.1 Å². The molecule has 0 radical (unpaired) electrons. The van der Waals surface area contributed by atoms with Crippen LogP contribution in [-0.4, -0.2) is 10.2 Å². The highest BCUT2D eigenvalue weighted by molar-refractivity contribution is 6.64. The minimum absolute atomic E-state index is 0.330. The Morgan fingerprint density at radius 3 is 2.33 bits per heavy atom. The third kappa shape index (κ3) is 3.14. The van der Waals surface area contributed by atoms with Crippen LogP contribution in [0.3, 0.4) is 0 Å². The van der Waals surface area contributed by atoms with E-state index in [-0.39, 0.29) is 5.82 Å². The van der Waals surface area contributed by atoms with Crippen molar-refractivity contribution >= 4 is 16.8 Å². The predicted octanol–water partition coefficient (Wildman–Crippen LogP) is 3.31. The summed E-state index contributed by atoms with van der Waals surface area (Å²) in [6, 6.07) is 9.49. The Bertz CT molecular complexity index is 527. The molecule has 92 valence electrons. The van der Waals surface area contributed by atoms with Crippen LogP contribution in [-0.2, 0) is 11.2 Å². The number of hydrogen-bond acceptors (Lipinski definition) is 2. The number of nitrogens with zero attached hydrogens (tertiary/aromatic N) is 1. The molecule has 0 bridgehead atoms. The quantitative estimate of drug-likeness (QED) is 0.792. The first-order valence-electron chi connectivity index (χ1n) is 5.50. The molecule has 1 aromatic heterocycles. The van der Waals surface area contributed by atoms with E-state index in [0.29, 0.717) is 12.0 Å². The average molecular weight is 264 g/mol. The van der Waals surface area contributed by atoms with Crippen LogP contribution in [0.2, 0.25) is 0 Å². The lowest BCUT2D eigenvalue weighted by molar-refractivity contribution is -0.113. The van der Waals surface area contributed by atoms with Gasteiger partial charge in [0, 0.05) is 12.4 Å². The summed E-state index contributed by atoms with van der Waals surface area (Å²) in [5, 5.41) is -0.446. The Kier molecular flexibility index (Phi) is 4.05. The normalized spacial score (nSPS) is 12.1. The van der Waals surface area contributed by atoms with Crippen molar-refractivity contribution in [2.24, 2.45) is 0 Å². The van der Waals surface area contributed by atoms with Gasteiger partial charge < -0.3 is 0 Å². The molecule has 2 nitrogen and oxygen atoms in total. The molecule has 0 saturated heterocycles. The number of halogens is 2. The zero-order valence-electron chi connectivity index (χ0n) is 9.51. The molecule has 0 amide bonds. The lowest BCUT2D eigenvalue weighted by atomic mass is 9.93. The second kappa shape index (κ2) is 5.74. The molecule has 1 unspecified atom stereocenters. The monoisotopic (exact) mass is 263 g/mol. The van der Waals surface area contributed by atoms with Crippen LogP contribution >= 0.6 is 11.6 Å². The van der Waals surface area contributed by atoms with E-state index in [2.05, 4.69) is 4.98 Å². The molecule has 0 aliphatic carbocycles. The Morgan fingerprint density at radius 2 is 1.78 bits per heavy atom. The Morgan fingerprint density at radius 1 is 1.17 bits per heavy atom. The van der Waals surface area contributed by atoms with E-state index in [4.69, 9.17) is 11.6 Å². The van der Waals surface area contributed by atoms with Gasteiger partial charge in [0.15, 0.2) is 0 Å². The van der Waals surface area contributed by atoms with Gasteiger partial charge in [-0.05, 0) is 53.4 Å². The number of benzene rings is 1.